The minimum Gasteiger partial charge on any atom is -0.396 e. The molecule has 4 N–H and O–H groups in total. The summed E-state index contributed by atoms with van der Waals surface area (Å²) in [7, 11) is 0. The van der Waals surface area contributed by atoms with Crippen LogP contribution in [-0.4, -0.2) is 39.7 Å². The molecule has 0 aliphatic heterocycles. The number of aliphatic hydroxyl groups is 1. The fraction of sp³-hybridized carbons (Fsp3) is 0.556. The molecular formula is C9H15BrN4OS. The molecule has 0 aliphatic rings. The van der Waals surface area contributed by atoms with Crippen molar-refractivity contribution in [3.05, 3.63) is 10.8 Å². The highest BCUT2D eigenvalue weighted by Crippen LogP contribution is 2.23. The lowest BCUT2D eigenvalue weighted by molar-refractivity contribution is 0.296. The van der Waals surface area contributed by atoms with Crippen molar-refractivity contribution in [1.29, 1.82) is 0 Å². The van der Waals surface area contributed by atoms with Crippen LogP contribution >= 0.6 is 27.7 Å². The number of thioether (sulfide) groups is 1. The van der Waals surface area contributed by atoms with E-state index in [9.17, 15) is 0 Å². The van der Waals surface area contributed by atoms with E-state index in [2.05, 4.69) is 31.2 Å². The molecule has 1 rings (SSSR count). The first-order valence-corrected chi connectivity index (χ1v) is 6.89. The number of hydrogen-bond acceptors (Lipinski definition) is 6. The number of hydrogen-bond donors (Lipinski definition) is 3. The summed E-state index contributed by atoms with van der Waals surface area (Å²) in [6.45, 7) is 1.07. The smallest absolute Gasteiger partial charge is 0.145 e. The van der Waals surface area contributed by atoms with Crippen LogP contribution in [0.15, 0.2) is 10.8 Å². The first-order chi connectivity index (χ1) is 7.75. The van der Waals surface area contributed by atoms with Gasteiger partial charge in [-0.3, -0.25) is 0 Å². The average Bonchev–Trinajstić information content (AvgIpc) is 2.29. The molecule has 0 aromatic carbocycles. The molecule has 7 heteroatoms. The van der Waals surface area contributed by atoms with Crippen molar-refractivity contribution in [2.45, 2.75) is 6.42 Å². The normalized spacial score (nSPS) is 10.4. The van der Waals surface area contributed by atoms with Crippen molar-refractivity contribution in [2.75, 3.05) is 35.7 Å². The maximum Gasteiger partial charge on any atom is 0.145 e. The van der Waals surface area contributed by atoms with Gasteiger partial charge in [-0.1, -0.05) is 0 Å². The molecule has 0 aliphatic carbocycles. The highest BCUT2D eigenvalue weighted by atomic mass is 79.9. The molecule has 0 bridgehead atoms. The number of halogens is 1. The molecule has 1 aromatic rings. The molecule has 0 saturated carbocycles. The Morgan fingerprint density at radius 3 is 3.00 bits per heavy atom. The Morgan fingerprint density at radius 1 is 1.44 bits per heavy atom. The zero-order valence-corrected chi connectivity index (χ0v) is 11.2. The third-order valence-corrected chi connectivity index (χ3v) is 3.65. The molecule has 0 atom stereocenters. The van der Waals surface area contributed by atoms with Gasteiger partial charge in [0.2, 0.25) is 0 Å². The lowest BCUT2D eigenvalue weighted by Gasteiger charge is -2.07. The highest BCUT2D eigenvalue weighted by Gasteiger charge is 2.04. The SMILES string of the molecule is Nc1ncnc(NCCSCCCO)c1Br. The standard InChI is InChI=1S/C9H15BrN4OS/c10-7-8(11)13-6-14-9(7)12-2-5-16-4-1-3-15/h6,15H,1-5H2,(H3,11,12,13,14). The average molecular weight is 307 g/mol. The van der Waals surface area contributed by atoms with Gasteiger partial charge in [0.05, 0.1) is 0 Å². The number of nitrogen functional groups attached to an aromatic ring is 1. The molecule has 90 valence electrons. The fourth-order valence-corrected chi connectivity index (χ4v) is 2.15. The molecule has 0 unspecified atom stereocenters. The Bertz CT molecular complexity index is 326. The lowest BCUT2D eigenvalue weighted by atomic mass is 10.5. The van der Waals surface area contributed by atoms with Crippen LogP contribution in [0.25, 0.3) is 0 Å². The number of rotatable bonds is 7. The number of aliphatic hydroxyl groups excluding tert-OH is 1. The predicted octanol–water partition coefficient (Wildman–Crippen LogP) is 1.35. The van der Waals surface area contributed by atoms with Crippen molar-refractivity contribution in [2.24, 2.45) is 0 Å². The Kier molecular flexibility index (Phi) is 6.51. The molecule has 1 aromatic heterocycles. The van der Waals surface area contributed by atoms with E-state index in [0.29, 0.717) is 10.3 Å². The summed E-state index contributed by atoms with van der Waals surface area (Å²) in [6, 6.07) is 0. The number of nitrogens with two attached hydrogens (primary N) is 1. The minimum atomic E-state index is 0.258. The van der Waals surface area contributed by atoms with E-state index >= 15 is 0 Å². The van der Waals surface area contributed by atoms with Gasteiger partial charge in [-0.25, -0.2) is 9.97 Å². The summed E-state index contributed by atoms with van der Waals surface area (Å²) >= 11 is 5.12. The third-order valence-electron chi connectivity index (χ3n) is 1.80. The quantitative estimate of drug-likeness (QED) is 0.660. The summed E-state index contributed by atoms with van der Waals surface area (Å²) in [6.07, 6.45) is 2.27. The zero-order chi connectivity index (χ0) is 11.8. The first-order valence-electron chi connectivity index (χ1n) is 4.94. The van der Waals surface area contributed by atoms with Crippen LogP contribution in [0, 0.1) is 0 Å². The van der Waals surface area contributed by atoms with Gasteiger partial charge >= 0.3 is 0 Å². The van der Waals surface area contributed by atoms with Gasteiger partial charge in [-0.2, -0.15) is 11.8 Å². The molecular weight excluding hydrogens is 292 g/mol. The van der Waals surface area contributed by atoms with Crippen LogP contribution in [0.5, 0.6) is 0 Å². The summed E-state index contributed by atoms with van der Waals surface area (Å²) in [5, 5.41) is 11.8. The van der Waals surface area contributed by atoms with Crippen molar-refractivity contribution in [3.63, 3.8) is 0 Å². The Morgan fingerprint density at radius 2 is 2.25 bits per heavy atom. The Labute approximate surface area is 107 Å². The molecule has 1 heterocycles. The Balaban J connectivity index is 2.24. The Hall–Kier alpha value is -0.530. The molecule has 5 nitrogen and oxygen atoms in total. The van der Waals surface area contributed by atoms with Crippen molar-refractivity contribution >= 4 is 39.3 Å². The van der Waals surface area contributed by atoms with Crippen LogP contribution in [0.3, 0.4) is 0 Å². The maximum atomic E-state index is 8.60. The van der Waals surface area contributed by atoms with E-state index in [-0.39, 0.29) is 6.61 Å². The van der Waals surface area contributed by atoms with Crippen LogP contribution in [-0.2, 0) is 0 Å². The van der Waals surface area contributed by atoms with E-state index in [1.165, 1.54) is 6.33 Å². The highest BCUT2D eigenvalue weighted by molar-refractivity contribution is 9.10. The van der Waals surface area contributed by atoms with Gasteiger partial charge in [0.25, 0.3) is 0 Å². The van der Waals surface area contributed by atoms with Gasteiger partial charge in [0.15, 0.2) is 0 Å². The van der Waals surface area contributed by atoms with Crippen LogP contribution in [0.1, 0.15) is 6.42 Å². The van der Waals surface area contributed by atoms with Crippen molar-refractivity contribution in [3.8, 4) is 0 Å². The molecule has 0 radical (unpaired) electrons. The monoisotopic (exact) mass is 306 g/mol. The molecule has 0 spiro atoms. The second-order valence-corrected chi connectivity index (χ2v) is 5.06. The van der Waals surface area contributed by atoms with Gasteiger partial charge in [-0.15, -0.1) is 0 Å². The summed E-state index contributed by atoms with van der Waals surface area (Å²) in [5.74, 6) is 3.10. The van der Waals surface area contributed by atoms with E-state index in [4.69, 9.17) is 10.8 Å². The van der Waals surface area contributed by atoms with E-state index < -0.39 is 0 Å². The lowest BCUT2D eigenvalue weighted by Crippen LogP contribution is -2.08. The fourth-order valence-electron chi connectivity index (χ4n) is 1.02. The predicted molar refractivity (Wildman–Crippen MR) is 71.7 cm³/mol. The number of nitrogens with zero attached hydrogens (tertiary/aromatic N) is 2. The molecule has 0 saturated heterocycles. The number of anilines is 2. The van der Waals surface area contributed by atoms with E-state index in [1.54, 1.807) is 11.8 Å². The molecule has 0 fully saturated rings. The minimum absolute atomic E-state index is 0.258. The van der Waals surface area contributed by atoms with Crippen molar-refractivity contribution < 1.29 is 5.11 Å². The number of aromatic nitrogens is 2. The summed E-state index contributed by atoms with van der Waals surface area (Å²) in [4.78, 5) is 7.93. The third kappa shape index (κ3) is 4.54. The number of nitrogens with one attached hydrogen (secondary N) is 1. The summed E-state index contributed by atoms with van der Waals surface area (Å²) in [5.41, 5.74) is 5.62. The van der Waals surface area contributed by atoms with E-state index in [1.807, 2.05) is 0 Å². The van der Waals surface area contributed by atoms with Crippen LogP contribution in [0.2, 0.25) is 0 Å². The summed E-state index contributed by atoms with van der Waals surface area (Å²) < 4.78 is 0.704. The zero-order valence-electron chi connectivity index (χ0n) is 8.82. The van der Waals surface area contributed by atoms with Gasteiger partial charge in [0.1, 0.15) is 22.4 Å². The molecule has 0 amide bonds. The van der Waals surface area contributed by atoms with Gasteiger partial charge in [-0.05, 0) is 28.1 Å². The van der Waals surface area contributed by atoms with Crippen molar-refractivity contribution in [1.82, 2.24) is 9.97 Å². The van der Waals surface area contributed by atoms with Gasteiger partial charge < -0.3 is 16.2 Å². The first kappa shape index (κ1) is 13.5. The van der Waals surface area contributed by atoms with E-state index in [0.717, 1.165) is 30.3 Å². The topological polar surface area (TPSA) is 84.1 Å². The molecule has 16 heavy (non-hydrogen) atoms. The maximum absolute atomic E-state index is 8.60. The second kappa shape index (κ2) is 7.70. The van der Waals surface area contributed by atoms with Crippen LogP contribution in [0.4, 0.5) is 11.6 Å². The van der Waals surface area contributed by atoms with Gasteiger partial charge in [0, 0.05) is 18.9 Å². The van der Waals surface area contributed by atoms with Crippen LogP contribution < -0.4 is 11.1 Å². The second-order valence-electron chi connectivity index (χ2n) is 3.04. The largest absolute Gasteiger partial charge is 0.396 e.